The monoisotopic (exact) mass is 243 g/mol. The first-order chi connectivity index (χ1) is 8.24. The van der Waals surface area contributed by atoms with Crippen LogP contribution < -0.4 is 5.73 Å². The molecule has 0 spiro atoms. The number of nitrogens with zero attached hydrogens (tertiary/aromatic N) is 2. The van der Waals surface area contributed by atoms with E-state index in [-0.39, 0.29) is 0 Å². The number of hydrogen-bond donors (Lipinski definition) is 1. The number of nitrogens with two attached hydrogens (primary N) is 1. The Morgan fingerprint density at radius 1 is 1.12 bits per heavy atom. The van der Waals surface area contributed by atoms with Crippen LogP contribution in [0, 0.1) is 0 Å². The molecule has 3 aromatic rings. The Bertz CT molecular complexity index is 671. The van der Waals surface area contributed by atoms with Crippen LogP contribution in [0.5, 0.6) is 0 Å². The maximum atomic E-state index is 6.00. The number of anilines is 1. The molecule has 1 aromatic carbocycles. The zero-order valence-electron chi connectivity index (χ0n) is 8.97. The molecule has 3 rings (SSSR count). The minimum Gasteiger partial charge on any atom is -0.399 e. The number of aromatic nitrogens is 2. The summed E-state index contributed by atoms with van der Waals surface area (Å²) in [7, 11) is 0. The Labute approximate surface area is 103 Å². The average Bonchev–Trinajstić information content (AvgIpc) is 2.73. The molecular formula is C13H10ClN3. The van der Waals surface area contributed by atoms with E-state index >= 15 is 0 Å². The van der Waals surface area contributed by atoms with Crippen molar-refractivity contribution in [1.29, 1.82) is 0 Å². The van der Waals surface area contributed by atoms with Gasteiger partial charge in [-0.2, -0.15) is 5.10 Å². The predicted molar refractivity (Wildman–Crippen MR) is 70.1 cm³/mol. The molecule has 0 radical (unpaired) electrons. The molecule has 0 aliphatic rings. The van der Waals surface area contributed by atoms with Gasteiger partial charge in [0.2, 0.25) is 0 Å². The maximum Gasteiger partial charge on any atom is 0.0754 e. The summed E-state index contributed by atoms with van der Waals surface area (Å²) in [5, 5.41) is 4.99. The van der Waals surface area contributed by atoms with Crippen molar-refractivity contribution in [2.75, 3.05) is 5.73 Å². The Morgan fingerprint density at radius 3 is 2.65 bits per heavy atom. The molecule has 4 heteroatoms. The summed E-state index contributed by atoms with van der Waals surface area (Å²) < 4.78 is 1.80. The molecule has 3 nitrogen and oxygen atoms in total. The number of halogens is 1. The summed E-state index contributed by atoms with van der Waals surface area (Å²) in [6.07, 6.45) is 3.68. The second-order valence-corrected chi connectivity index (χ2v) is 4.29. The van der Waals surface area contributed by atoms with E-state index in [2.05, 4.69) is 5.10 Å². The normalized spacial score (nSPS) is 10.9. The van der Waals surface area contributed by atoms with E-state index in [4.69, 9.17) is 17.3 Å². The zero-order chi connectivity index (χ0) is 11.8. The number of nitrogen functional groups attached to an aromatic ring is 1. The fraction of sp³-hybridized carbons (Fsp3) is 0. The van der Waals surface area contributed by atoms with Crippen molar-refractivity contribution in [3.63, 3.8) is 0 Å². The highest BCUT2D eigenvalue weighted by molar-refractivity contribution is 6.31. The summed E-state index contributed by atoms with van der Waals surface area (Å²) in [6, 6.07) is 11.4. The number of pyridine rings is 1. The number of fused-ring (bicyclic) bond motifs is 1. The molecule has 0 atom stereocenters. The molecule has 0 aliphatic carbocycles. The molecule has 0 fully saturated rings. The third kappa shape index (κ3) is 1.74. The molecule has 0 unspecified atom stereocenters. The number of rotatable bonds is 1. The van der Waals surface area contributed by atoms with E-state index in [1.807, 2.05) is 48.8 Å². The van der Waals surface area contributed by atoms with E-state index in [0.717, 1.165) is 22.3 Å². The molecule has 0 saturated heterocycles. The van der Waals surface area contributed by atoms with Crippen molar-refractivity contribution >= 4 is 22.8 Å². The van der Waals surface area contributed by atoms with Gasteiger partial charge >= 0.3 is 0 Å². The molecule has 2 heterocycles. The molecular weight excluding hydrogens is 234 g/mol. The zero-order valence-corrected chi connectivity index (χ0v) is 9.72. The van der Waals surface area contributed by atoms with Gasteiger partial charge in [0.25, 0.3) is 0 Å². The highest BCUT2D eigenvalue weighted by Gasteiger charge is 2.06. The van der Waals surface area contributed by atoms with Crippen LogP contribution in [-0.4, -0.2) is 9.61 Å². The molecule has 0 bridgehead atoms. The molecule has 0 saturated carbocycles. The molecule has 17 heavy (non-hydrogen) atoms. The highest BCUT2D eigenvalue weighted by atomic mass is 35.5. The maximum absolute atomic E-state index is 6.00. The first-order valence-electron chi connectivity index (χ1n) is 5.23. The van der Waals surface area contributed by atoms with E-state index in [9.17, 15) is 0 Å². The van der Waals surface area contributed by atoms with Gasteiger partial charge in [-0.1, -0.05) is 23.7 Å². The third-order valence-corrected chi connectivity index (χ3v) is 2.94. The number of benzene rings is 1. The molecule has 0 amide bonds. The first kappa shape index (κ1) is 10.2. The number of hydrogen-bond acceptors (Lipinski definition) is 2. The van der Waals surface area contributed by atoms with Crippen molar-refractivity contribution < 1.29 is 0 Å². The lowest BCUT2D eigenvalue weighted by Crippen LogP contribution is -1.85. The van der Waals surface area contributed by atoms with Gasteiger partial charge in [-0.05, 0) is 29.8 Å². The molecule has 84 valence electrons. The van der Waals surface area contributed by atoms with Crippen molar-refractivity contribution in [2.45, 2.75) is 0 Å². The average molecular weight is 244 g/mol. The SMILES string of the molecule is Nc1ccc(-c2cnn3ccc(Cl)cc23)cc1. The van der Waals surface area contributed by atoms with Crippen molar-refractivity contribution in [2.24, 2.45) is 0 Å². The summed E-state index contributed by atoms with van der Waals surface area (Å²) in [5.74, 6) is 0. The van der Waals surface area contributed by atoms with Crippen LogP contribution in [0.1, 0.15) is 0 Å². The van der Waals surface area contributed by atoms with Gasteiger partial charge in [0.05, 0.1) is 11.7 Å². The third-order valence-electron chi connectivity index (χ3n) is 2.71. The predicted octanol–water partition coefficient (Wildman–Crippen LogP) is 3.24. The minimum atomic E-state index is 0.703. The fourth-order valence-electron chi connectivity index (χ4n) is 1.84. The molecule has 2 N–H and O–H groups in total. The second kappa shape index (κ2) is 3.79. The van der Waals surface area contributed by atoms with Crippen molar-refractivity contribution in [1.82, 2.24) is 9.61 Å². The molecule has 0 aliphatic heterocycles. The fourth-order valence-corrected chi connectivity index (χ4v) is 2.00. The smallest absolute Gasteiger partial charge is 0.0754 e. The van der Waals surface area contributed by atoms with Gasteiger partial charge in [-0.3, -0.25) is 0 Å². The Morgan fingerprint density at radius 2 is 1.88 bits per heavy atom. The van der Waals surface area contributed by atoms with Crippen LogP contribution in [0.2, 0.25) is 5.02 Å². The summed E-state index contributed by atoms with van der Waals surface area (Å²) >= 11 is 6.00. The topological polar surface area (TPSA) is 43.3 Å². The van der Waals surface area contributed by atoms with Gasteiger partial charge in [-0.25, -0.2) is 4.52 Å². The van der Waals surface area contributed by atoms with Crippen LogP contribution in [0.4, 0.5) is 5.69 Å². The lowest BCUT2D eigenvalue weighted by atomic mass is 10.1. The van der Waals surface area contributed by atoms with E-state index in [1.54, 1.807) is 4.52 Å². The van der Waals surface area contributed by atoms with Gasteiger partial charge in [-0.15, -0.1) is 0 Å². The van der Waals surface area contributed by atoms with Crippen LogP contribution in [0.3, 0.4) is 0 Å². The summed E-state index contributed by atoms with van der Waals surface area (Å²) in [6.45, 7) is 0. The largest absolute Gasteiger partial charge is 0.399 e. The van der Waals surface area contributed by atoms with E-state index < -0.39 is 0 Å². The van der Waals surface area contributed by atoms with Crippen LogP contribution in [0.15, 0.2) is 48.8 Å². The van der Waals surface area contributed by atoms with Crippen LogP contribution in [-0.2, 0) is 0 Å². The first-order valence-corrected chi connectivity index (χ1v) is 5.61. The molecule has 2 aromatic heterocycles. The van der Waals surface area contributed by atoms with E-state index in [0.29, 0.717) is 5.02 Å². The summed E-state index contributed by atoms with van der Waals surface area (Å²) in [4.78, 5) is 0. The van der Waals surface area contributed by atoms with Crippen LogP contribution >= 0.6 is 11.6 Å². The van der Waals surface area contributed by atoms with E-state index in [1.165, 1.54) is 0 Å². The van der Waals surface area contributed by atoms with Crippen molar-refractivity contribution in [3.05, 3.63) is 53.8 Å². The van der Waals surface area contributed by atoms with Gasteiger partial charge in [0, 0.05) is 22.5 Å². The summed E-state index contributed by atoms with van der Waals surface area (Å²) in [5.41, 5.74) is 9.54. The standard InChI is InChI=1S/C13H10ClN3/c14-10-5-6-17-13(7-10)12(8-16-17)9-1-3-11(15)4-2-9/h1-8H,15H2. The van der Waals surface area contributed by atoms with Crippen molar-refractivity contribution in [3.8, 4) is 11.1 Å². The van der Waals surface area contributed by atoms with Gasteiger partial charge < -0.3 is 5.73 Å². The highest BCUT2D eigenvalue weighted by Crippen LogP contribution is 2.26. The minimum absolute atomic E-state index is 0.703. The van der Waals surface area contributed by atoms with Crippen LogP contribution in [0.25, 0.3) is 16.6 Å². The quantitative estimate of drug-likeness (QED) is 0.667. The van der Waals surface area contributed by atoms with Gasteiger partial charge in [0.15, 0.2) is 0 Å². The van der Waals surface area contributed by atoms with Gasteiger partial charge in [0.1, 0.15) is 0 Å². The Kier molecular flexibility index (Phi) is 2.27. The Hall–Kier alpha value is -2.00. The lowest BCUT2D eigenvalue weighted by molar-refractivity contribution is 0.961. The lowest BCUT2D eigenvalue weighted by Gasteiger charge is -2.00. The second-order valence-electron chi connectivity index (χ2n) is 3.86. The Balaban J connectivity index is 2.23.